The van der Waals surface area contributed by atoms with Gasteiger partial charge in [-0.3, -0.25) is 0 Å². The van der Waals surface area contributed by atoms with Crippen LogP contribution in [-0.4, -0.2) is 132 Å². The lowest BCUT2D eigenvalue weighted by Crippen LogP contribution is -2.15. The summed E-state index contributed by atoms with van der Waals surface area (Å²) in [6.45, 7) is 8.30. The van der Waals surface area contributed by atoms with Gasteiger partial charge in [-0.15, -0.1) is 0 Å². The van der Waals surface area contributed by atoms with E-state index in [2.05, 4.69) is 0 Å². The van der Waals surface area contributed by atoms with Gasteiger partial charge in [0.1, 0.15) is 19.0 Å². The van der Waals surface area contributed by atoms with E-state index >= 15 is 0 Å². The van der Waals surface area contributed by atoms with E-state index in [-0.39, 0.29) is 6.61 Å². The Hall–Kier alpha value is -1.61. The van der Waals surface area contributed by atoms with Gasteiger partial charge in [0.25, 0.3) is 0 Å². The van der Waals surface area contributed by atoms with Gasteiger partial charge in [0.05, 0.1) is 125 Å². The maximum Gasteiger partial charge on any atom is 0.142 e. The molecule has 0 atom stereocenters. The van der Waals surface area contributed by atoms with E-state index in [9.17, 15) is 4.39 Å². The largest absolute Gasteiger partial charge is 0.489 e. The van der Waals surface area contributed by atoms with Gasteiger partial charge in [-0.2, -0.15) is 0 Å². The molecule has 0 saturated heterocycles. The molecular weight excluding hydrogens is 505 g/mol. The predicted molar refractivity (Wildman–Crippen MR) is 140 cm³/mol. The summed E-state index contributed by atoms with van der Waals surface area (Å²) in [6, 6.07) is 7.36. The summed E-state index contributed by atoms with van der Waals surface area (Å²) in [5, 5.41) is 0. The molecule has 0 saturated carbocycles. The Morgan fingerprint density at radius 1 is 0.421 bits per heavy atom. The van der Waals surface area contributed by atoms with E-state index < -0.39 is 6.67 Å². The summed E-state index contributed by atoms with van der Waals surface area (Å²) in [7, 11) is 0. The molecule has 0 aliphatic heterocycles. The fourth-order valence-electron chi connectivity index (χ4n) is 2.74. The molecule has 0 spiro atoms. The highest BCUT2D eigenvalue weighted by atomic mass is 19.1. The summed E-state index contributed by atoms with van der Waals surface area (Å²) < 4.78 is 65.6. The normalized spacial score (nSPS) is 11.3. The number of nitrogen functional groups attached to an aromatic ring is 1. The Labute approximate surface area is 225 Å². The Balaban J connectivity index is 1.65. The Morgan fingerprint density at radius 3 is 1.03 bits per heavy atom. The molecule has 12 heteroatoms. The summed E-state index contributed by atoms with van der Waals surface area (Å²) in [5.41, 5.74) is 6.42. The van der Waals surface area contributed by atoms with Crippen molar-refractivity contribution < 1.29 is 51.8 Å². The van der Waals surface area contributed by atoms with E-state index in [1.165, 1.54) is 0 Å². The lowest BCUT2D eigenvalue weighted by molar-refractivity contribution is -0.0255. The van der Waals surface area contributed by atoms with Crippen LogP contribution >= 0.6 is 0 Å². The number of para-hydroxylation sites is 2. The highest BCUT2D eigenvalue weighted by molar-refractivity contribution is 5.51. The smallest absolute Gasteiger partial charge is 0.142 e. The molecule has 222 valence electrons. The van der Waals surface area contributed by atoms with Gasteiger partial charge in [0.2, 0.25) is 0 Å². The molecule has 11 nitrogen and oxygen atoms in total. The first kappa shape index (κ1) is 34.4. The minimum absolute atomic E-state index is 0.114. The predicted octanol–water partition coefficient (Wildman–Crippen LogP) is 1.77. The number of alkyl halides is 1. The van der Waals surface area contributed by atoms with Gasteiger partial charge < -0.3 is 53.1 Å². The third-order valence-corrected chi connectivity index (χ3v) is 4.60. The molecular formula is C26H46FNO10. The zero-order chi connectivity index (χ0) is 27.2. The van der Waals surface area contributed by atoms with Gasteiger partial charge in [0.15, 0.2) is 0 Å². The lowest BCUT2D eigenvalue weighted by Gasteiger charge is -2.09. The van der Waals surface area contributed by atoms with Gasteiger partial charge in [-0.1, -0.05) is 12.1 Å². The van der Waals surface area contributed by atoms with Gasteiger partial charge in [0, 0.05) is 0 Å². The second-order valence-electron chi connectivity index (χ2n) is 7.59. The molecule has 0 radical (unpaired) electrons. The third-order valence-electron chi connectivity index (χ3n) is 4.60. The number of hydrogen-bond acceptors (Lipinski definition) is 11. The number of hydrogen-bond donors (Lipinski definition) is 1. The first-order valence-corrected chi connectivity index (χ1v) is 13.1. The average molecular weight is 552 g/mol. The Bertz CT molecular complexity index is 617. The van der Waals surface area contributed by atoms with E-state index in [4.69, 9.17) is 53.1 Å². The van der Waals surface area contributed by atoms with E-state index in [1.807, 2.05) is 18.2 Å². The number of ether oxygens (including phenoxy) is 10. The summed E-state index contributed by atoms with van der Waals surface area (Å²) >= 11 is 0. The second-order valence-corrected chi connectivity index (χ2v) is 7.59. The minimum atomic E-state index is -0.474. The molecule has 1 rings (SSSR count). The van der Waals surface area contributed by atoms with E-state index in [0.717, 1.165) is 0 Å². The molecule has 38 heavy (non-hydrogen) atoms. The van der Waals surface area contributed by atoms with Crippen LogP contribution in [0.4, 0.5) is 10.1 Å². The monoisotopic (exact) mass is 551 g/mol. The standard InChI is InChI=1S/C26H46FNO10/c27-5-6-29-7-8-30-9-10-31-11-12-32-13-14-33-15-16-34-17-18-35-19-20-36-21-22-37-23-24-38-26-4-2-1-3-25(26)28/h1-4H,5-24,28H2. The number of nitrogens with two attached hydrogens (primary N) is 1. The number of rotatable bonds is 30. The Kier molecular flexibility index (Phi) is 25.7. The fraction of sp³-hybridized carbons (Fsp3) is 0.769. The topological polar surface area (TPSA) is 118 Å². The molecule has 0 aromatic heterocycles. The van der Waals surface area contributed by atoms with Crippen molar-refractivity contribution in [3.63, 3.8) is 0 Å². The lowest BCUT2D eigenvalue weighted by atomic mass is 10.3. The van der Waals surface area contributed by atoms with Crippen molar-refractivity contribution in [1.29, 1.82) is 0 Å². The number of anilines is 1. The van der Waals surface area contributed by atoms with Crippen LogP contribution in [0.2, 0.25) is 0 Å². The SMILES string of the molecule is Nc1ccccc1OCCOCCOCCOCCOCCOCCOCCOCCOCCOCCF. The minimum Gasteiger partial charge on any atom is -0.489 e. The van der Waals surface area contributed by atoms with Crippen LogP contribution in [0.15, 0.2) is 24.3 Å². The molecule has 0 aliphatic rings. The molecule has 0 amide bonds. The maximum absolute atomic E-state index is 11.8. The molecule has 1 aromatic rings. The molecule has 0 heterocycles. The zero-order valence-electron chi connectivity index (χ0n) is 22.5. The van der Waals surface area contributed by atoms with Crippen molar-refractivity contribution in [2.75, 3.05) is 138 Å². The highest BCUT2D eigenvalue weighted by Gasteiger charge is 1.98. The second kappa shape index (κ2) is 28.4. The first-order valence-electron chi connectivity index (χ1n) is 13.1. The van der Waals surface area contributed by atoms with Gasteiger partial charge >= 0.3 is 0 Å². The summed E-state index contributed by atoms with van der Waals surface area (Å²) in [4.78, 5) is 0. The highest BCUT2D eigenvalue weighted by Crippen LogP contribution is 2.19. The van der Waals surface area contributed by atoms with E-state index in [1.54, 1.807) is 6.07 Å². The van der Waals surface area contributed by atoms with Gasteiger partial charge in [-0.25, -0.2) is 4.39 Å². The summed E-state index contributed by atoms with van der Waals surface area (Å²) in [6.07, 6.45) is 0. The average Bonchev–Trinajstić information content (AvgIpc) is 2.93. The number of halogens is 1. The fourth-order valence-corrected chi connectivity index (χ4v) is 2.74. The molecule has 0 fully saturated rings. The summed E-state index contributed by atoms with van der Waals surface area (Å²) in [5.74, 6) is 0.666. The molecule has 1 aromatic carbocycles. The molecule has 2 N–H and O–H groups in total. The molecule has 0 bridgehead atoms. The quantitative estimate of drug-likeness (QED) is 0.111. The van der Waals surface area contributed by atoms with Crippen molar-refractivity contribution in [3.05, 3.63) is 24.3 Å². The number of benzene rings is 1. The van der Waals surface area contributed by atoms with Crippen LogP contribution in [-0.2, 0) is 42.6 Å². The van der Waals surface area contributed by atoms with Crippen LogP contribution < -0.4 is 10.5 Å². The van der Waals surface area contributed by atoms with Crippen molar-refractivity contribution >= 4 is 5.69 Å². The van der Waals surface area contributed by atoms with Gasteiger partial charge in [-0.05, 0) is 12.1 Å². The zero-order valence-corrected chi connectivity index (χ0v) is 22.5. The molecule has 0 aliphatic carbocycles. The van der Waals surface area contributed by atoms with Crippen LogP contribution in [0.1, 0.15) is 0 Å². The van der Waals surface area contributed by atoms with Crippen molar-refractivity contribution in [2.45, 2.75) is 0 Å². The van der Waals surface area contributed by atoms with Crippen LogP contribution in [0.3, 0.4) is 0 Å². The van der Waals surface area contributed by atoms with Crippen molar-refractivity contribution in [2.24, 2.45) is 0 Å². The van der Waals surface area contributed by atoms with E-state index in [0.29, 0.717) is 130 Å². The van der Waals surface area contributed by atoms with Crippen LogP contribution in [0, 0.1) is 0 Å². The maximum atomic E-state index is 11.8. The van der Waals surface area contributed by atoms with Crippen molar-refractivity contribution in [1.82, 2.24) is 0 Å². The Morgan fingerprint density at radius 2 is 0.711 bits per heavy atom. The van der Waals surface area contributed by atoms with Crippen molar-refractivity contribution in [3.8, 4) is 5.75 Å². The third kappa shape index (κ3) is 23.5. The van der Waals surface area contributed by atoms with Crippen LogP contribution in [0.5, 0.6) is 5.75 Å². The molecule has 0 unspecified atom stereocenters. The first-order chi connectivity index (χ1) is 18.8. The van der Waals surface area contributed by atoms with Crippen LogP contribution in [0.25, 0.3) is 0 Å².